The fourth-order valence-corrected chi connectivity index (χ4v) is 2.98. The van der Waals surface area contributed by atoms with Crippen LogP contribution in [0, 0.1) is 0 Å². The van der Waals surface area contributed by atoms with Gasteiger partial charge in [0.15, 0.2) is 0 Å². The number of likely N-dealkylation sites (N-methyl/N-ethyl adjacent to an activating group) is 1. The molecule has 22 heavy (non-hydrogen) atoms. The molecule has 0 aromatic carbocycles. The van der Waals surface area contributed by atoms with Crippen molar-refractivity contribution in [3.8, 4) is 0 Å². The summed E-state index contributed by atoms with van der Waals surface area (Å²) in [6.07, 6.45) is 1.62. The Labute approximate surface area is 135 Å². The lowest BCUT2D eigenvalue weighted by Gasteiger charge is -2.26. The summed E-state index contributed by atoms with van der Waals surface area (Å²) in [5.41, 5.74) is 1.23. The van der Waals surface area contributed by atoms with Gasteiger partial charge in [-0.3, -0.25) is 0 Å². The van der Waals surface area contributed by atoms with Crippen LogP contribution in [0.15, 0.2) is 39.6 Å². The van der Waals surface area contributed by atoms with Gasteiger partial charge in [0.2, 0.25) is 0 Å². The maximum atomic E-state index is 12.4. The Hall–Kier alpha value is -1.79. The van der Waals surface area contributed by atoms with Crippen molar-refractivity contribution in [1.29, 1.82) is 0 Å². The quantitative estimate of drug-likeness (QED) is 0.852. The fourth-order valence-electron chi connectivity index (χ4n) is 2.28. The molecule has 2 rings (SSSR count). The van der Waals surface area contributed by atoms with Gasteiger partial charge in [0.1, 0.15) is 5.76 Å². The first-order valence-corrected chi connectivity index (χ1v) is 8.29. The summed E-state index contributed by atoms with van der Waals surface area (Å²) in [5.74, 6) is 0.791. The minimum absolute atomic E-state index is 0.0685. The molecule has 0 saturated carbocycles. The van der Waals surface area contributed by atoms with Crippen molar-refractivity contribution in [3.63, 3.8) is 0 Å². The monoisotopic (exact) mass is 321 g/mol. The molecule has 0 aliphatic rings. The standard InChI is InChI=1S/C16H23N3O2S/c1-4-19(11-14-6-5-8-21-14)16(20)17-10-15(18(2)3)13-7-9-22-12-13/h5-9,12,15H,4,10-11H2,1-3H3,(H,17,20)/t15-/m0/s1. The third-order valence-electron chi connectivity index (χ3n) is 3.59. The molecule has 6 heteroatoms. The summed E-state index contributed by atoms with van der Waals surface area (Å²) in [7, 11) is 4.05. The highest BCUT2D eigenvalue weighted by atomic mass is 32.1. The third kappa shape index (κ3) is 4.35. The van der Waals surface area contributed by atoms with E-state index in [4.69, 9.17) is 4.42 Å². The predicted octanol–water partition coefficient (Wildman–Crippen LogP) is 3.18. The Morgan fingerprint density at radius 1 is 1.41 bits per heavy atom. The highest BCUT2D eigenvalue weighted by molar-refractivity contribution is 7.07. The summed E-state index contributed by atoms with van der Waals surface area (Å²) in [4.78, 5) is 16.2. The zero-order chi connectivity index (χ0) is 15.9. The SMILES string of the molecule is CCN(Cc1ccco1)C(=O)NC[C@@H](c1ccsc1)N(C)C. The maximum Gasteiger partial charge on any atom is 0.317 e. The first-order valence-electron chi connectivity index (χ1n) is 7.35. The molecule has 1 N–H and O–H groups in total. The second-order valence-corrected chi connectivity index (χ2v) is 6.10. The number of rotatable bonds is 7. The molecule has 2 aromatic heterocycles. The Kier molecular flexibility index (Phi) is 6.03. The average Bonchev–Trinajstić information content (AvgIpc) is 3.18. The summed E-state index contributed by atoms with van der Waals surface area (Å²) in [6, 6.07) is 5.92. The van der Waals surface area contributed by atoms with Crippen LogP contribution in [0.25, 0.3) is 0 Å². The third-order valence-corrected chi connectivity index (χ3v) is 4.30. The van der Waals surface area contributed by atoms with Gasteiger partial charge in [-0.1, -0.05) is 0 Å². The largest absolute Gasteiger partial charge is 0.467 e. The van der Waals surface area contributed by atoms with Crippen molar-refractivity contribution in [2.45, 2.75) is 19.5 Å². The van der Waals surface area contributed by atoms with E-state index in [-0.39, 0.29) is 12.1 Å². The van der Waals surface area contributed by atoms with Crippen molar-refractivity contribution in [2.24, 2.45) is 0 Å². The highest BCUT2D eigenvalue weighted by Gasteiger charge is 2.18. The molecule has 120 valence electrons. The van der Waals surface area contributed by atoms with Crippen LogP contribution < -0.4 is 5.32 Å². The predicted molar refractivity (Wildman–Crippen MR) is 88.9 cm³/mol. The van der Waals surface area contributed by atoms with Gasteiger partial charge in [-0.15, -0.1) is 0 Å². The number of furan rings is 1. The minimum Gasteiger partial charge on any atom is -0.467 e. The molecule has 2 amide bonds. The van der Waals surface area contributed by atoms with E-state index in [1.165, 1.54) is 5.56 Å². The number of thiophene rings is 1. The van der Waals surface area contributed by atoms with E-state index in [2.05, 4.69) is 27.0 Å². The Balaban J connectivity index is 1.92. The average molecular weight is 321 g/mol. The second-order valence-electron chi connectivity index (χ2n) is 5.32. The van der Waals surface area contributed by atoms with Crippen LogP contribution in [0.4, 0.5) is 4.79 Å². The first-order chi connectivity index (χ1) is 10.6. The number of urea groups is 1. The lowest BCUT2D eigenvalue weighted by molar-refractivity contribution is 0.188. The highest BCUT2D eigenvalue weighted by Crippen LogP contribution is 2.20. The summed E-state index contributed by atoms with van der Waals surface area (Å²) >= 11 is 1.67. The number of amides is 2. The molecule has 0 saturated heterocycles. The lowest BCUT2D eigenvalue weighted by Crippen LogP contribution is -2.42. The van der Waals surface area contributed by atoms with Gasteiger partial charge in [0, 0.05) is 13.1 Å². The molecule has 0 aliphatic heterocycles. The van der Waals surface area contributed by atoms with E-state index in [1.807, 2.05) is 33.2 Å². The number of nitrogens with zero attached hydrogens (tertiary/aromatic N) is 2. The van der Waals surface area contributed by atoms with Crippen molar-refractivity contribution in [2.75, 3.05) is 27.2 Å². The lowest BCUT2D eigenvalue weighted by atomic mass is 10.1. The van der Waals surface area contributed by atoms with E-state index in [9.17, 15) is 4.79 Å². The van der Waals surface area contributed by atoms with Gasteiger partial charge in [-0.25, -0.2) is 4.79 Å². The van der Waals surface area contributed by atoms with E-state index in [1.54, 1.807) is 22.5 Å². The van der Waals surface area contributed by atoms with E-state index < -0.39 is 0 Å². The molecule has 2 aromatic rings. The van der Waals surface area contributed by atoms with Gasteiger partial charge in [-0.2, -0.15) is 11.3 Å². The smallest absolute Gasteiger partial charge is 0.317 e. The van der Waals surface area contributed by atoms with Gasteiger partial charge < -0.3 is 19.5 Å². The van der Waals surface area contributed by atoms with E-state index in [0.29, 0.717) is 19.6 Å². The normalized spacial score (nSPS) is 12.4. The van der Waals surface area contributed by atoms with Crippen LogP contribution in [-0.4, -0.2) is 43.0 Å². The molecule has 0 aliphatic carbocycles. The summed E-state index contributed by atoms with van der Waals surface area (Å²) < 4.78 is 5.31. The molecule has 5 nitrogen and oxygen atoms in total. The molecule has 1 atom stereocenters. The van der Waals surface area contributed by atoms with Crippen molar-refractivity contribution in [1.82, 2.24) is 15.1 Å². The van der Waals surface area contributed by atoms with Crippen LogP contribution in [0.1, 0.15) is 24.3 Å². The number of carbonyl (C=O) groups is 1. The number of nitrogens with one attached hydrogen (secondary N) is 1. The van der Waals surface area contributed by atoms with Gasteiger partial charge >= 0.3 is 6.03 Å². The van der Waals surface area contributed by atoms with Crippen LogP contribution in [0.2, 0.25) is 0 Å². The topological polar surface area (TPSA) is 48.7 Å². The molecular formula is C16H23N3O2S. The van der Waals surface area contributed by atoms with Crippen molar-refractivity contribution < 1.29 is 9.21 Å². The Bertz CT molecular complexity index is 552. The second kappa shape index (κ2) is 8.00. The van der Waals surface area contributed by atoms with Gasteiger partial charge in [0.25, 0.3) is 0 Å². The van der Waals surface area contributed by atoms with Crippen LogP contribution in [-0.2, 0) is 6.54 Å². The van der Waals surface area contributed by atoms with Gasteiger partial charge in [0.05, 0.1) is 18.8 Å². The molecule has 0 fully saturated rings. The summed E-state index contributed by atoms with van der Waals surface area (Å²) in [6.45, 7) is 3.67. The Morgan fingerprint density at radius 2 is 2.23 bits per heavy atom. The first kappa shape index (κ1) is 16.6. The van der Waals surface area contributed by atoms with Gasteiger partial charge in [-0.05, 0) is 55.5 Å². The van der Waals surface area contributed by atoms with Crippen LogP contribution in [0.5, 0.6) is 0 Å². The maximum absolute atomic E-state index is 12.4. The van der Waals surface area contributed by atoms with E-state index in [0.717, 1.165) is 5.76 Å². The van der Waals surface area contributed by atoms with Crippen molar-refractivity contribution in [3.05, 3.63) is 46.5 Å². The van der Waals surface area contributed by atoms with Crippen LogP contribution in [0.3, 0.4) is 0 Å². The molecule has 0 bridgehead atoms. The summed E-state index contributed by atoms with van der Waals surface area (Å²) in [5, 5.41) is 7.20. The molecule has 0 spiro atoms. The molecular weight excluding hydrogens is 298 g/mol. The minimum atomic E-state index is -0.0685. The Morgan fingerprint density at radius 3 is 2.77 bits per heavy atom. The zero-order valence-corrected chi connectivity index (χ0v) is 14.1. The van der Waals surface area contributed by atoms with Crippen molar-refractivity contribution >= 4 is 17.4 Å². The molecule has 0 unspecified atom stereocenters. The number of carbonyl (C=O) groups excluding carboxylic acids is 1. The number of hydrogen-bond donors (Lipinski definition) is 1. The fraction of sp³-hybridized carbons (Fsp3) is 0.438. The zero-order valence-electron chi connectivity index (χ0n) is 13.3. The van der Waals surface area contributed by atoms with Crippen LogP contribution >= 0.6 is 11.3 Å². The number of hydrogen-bond acceptors (Lipinski definition) is 4. The van der Waals surface area contributed by atoms with E-state index >= 15 is 0 Å². The molecule has 0 radical (unpaired) electrons. The molecule has 2 heterocycles.